The first-order valence-electron chi connectivity index (χ1n) is 7.18. The molecule has 4 heteroatoms. The number of ether oxygens (including phenoxy) is 1. The summed E-state index contributed by atoms with van der Waals surface area (Å²) in [5.41, 5.74) is 4.78. The van der Waals surface area contributed by atoms with Gasteiger partial charge < -0.3 is 4.74 Å². The van der Waals surface area contributed by atoms with E-state index in [0.717, 1.165) is 35.9 Å². The fraction of sp³-hybridized carbons (Fsp3) is 0.438. The van der Waals surface area contributed by atoms with Gasteiger partial charge in [0.2, 0.25) is 0 Å². The number of hydrogen-bond donors (Lipinski definition) is 2. The van der Waals surface area contributed by atoms with Gasteiger partial charge in [-0.3, -0.25) is 10.8 Å². The molecule has 1 aromatic carbocycles. The van der Waals surface area contributed by atoms with Crippen molar-refractivity contribution in [3.05, 3.63) is 42.1 Å². The minimum atomic E-state index is -0.279. The molecule has 3 rings (SSSR count). The number of nitrogens with two attached hydrogens (primary N) is 1. The number of nitrogens with zero attached hydrogens (tertiary/aromatic N) is 1. The van der Waals surface area contributed by atoms with E-state index in [1.165, 1.54) is 6.42 Å². The van der Waals surface area contributed by atoms with Gasteiger partial charge in [0.05, 0.1) is 17.2 Å². The second-order valence-corrected chi connectivity index (χ2v) is 5.64. The molecule has 106 valence electrons. The minimum absolute atomic E-state index is 0.0543. The zero-order valence-corrected chi connectivity index (χ0v) is 11.8. The summed E-state index contributed by atoms with van der Waals surface area (Å²) < 4.78 is 6.05. The van der Waals surface area contributed by atoms with Crippen molar-refractivity contribution in [3.8, 4) is 0 Å². The van der Waals surface area contributed by atoms with Crippen LogP contribution in [0, 0.1) is 0 Å². The van der Waals surface area contributed by atoms with Crippen molar-refractivity contribution in [2.75, 3.05) is 6.61 Å². The number of fused-ring (bicyclic) bond motifs is 1. The third-order valence-electron chi connectivity index (χ3n) is 4.25. The highest BCUT2D eigenvalue weighted by Gasteiger charge is 2.38. The first-order chi connectivity index (χ1) is 9.74. The van der Waals surface area contributed by atoms with Crippen LogP contribution in [0.2, 0.25) is 0 Å². The Kier molecular flexibility index (Phi) is 3.70. The van der Waals surface area contributed by atoms with Crippen LogP contribution in [-0.4, -0.2) is 17.2 Å². The lowest BCUT2D eigenvalue weighted by Crippen LogP contribution is -2.48. The molecule has 2 aromatic rings. The monoisotopic (exact) mass is 271 g/mol. The van der Waals surface area contributed by atoms with Crippen molar-refractivity contribution in [1.29, 1.82) is 0 Å². The lowest BCUT2D eigenvalue weighted by molar-refractivity contribution is -0.0896. The molecule has 20 heavy (non-hydrogen) atoms. The van der Waals surface area contributed by atoms with Gasteiger partial charge in [0.1, 0.15) is 0 Å². The van der Waals surface area contributed by atoms with Gasteiger partial charge in [-0.05, 0) is 37.8 Å². The topological polar surface area (TPSA) is 60.2 Å². The van der Waals surface area contributed by atoms with Gasteiger partial charge in [-0.1, -0.05) is 24.3 Å². The van der Waals surface area contributed by atoms with E-state index >= 15 is 0 Å². The number of nitrogens with one attached hydrogen (secondary N) is 1. The molecule has 0 bridgehead atoms. The first kappa shape index (κ1) is 13.5. The molecule has 2 unspecified atom stereocenters. The Morgan fingerprint density at radius 2 is 2.15 bits per heavy atom. The van der Waals surface area contributed by atoms with E-state index in [4.69, 9.17) is 10.6 Å². The summed E-state index contributed by atoms with van der Waals surface area (Å²) >= 11 is 0. The molecule has 0 radical (unpaired) electrons. The van der Waals surface area contributed by atoms with E-state index in [2.05, 4.69) is 41.6 Å². The van der Waals surface area contributed by atoms with Crippen LogP contribution in [0.5, 0.6) is 0 Å². The first-order valence-corrected chi connectivity index (χ1v) is 7.18. The number of pyridine rings is 1. The lowest BCUT2D eigenvalue weighted by atomic mass is 9.83. The highest BCUT2D eigenvalue weighted by molar-refractivity contribution is 5.82. The maximum absolute atomic E-state index is 6.05. The van der Waals surface area contributed by atoms with Crippen LogP contribution in [0.4, 0.5) is 0 Å². The van der Waals surface area contributed by atoms with Crippen molar-refractivity contribution in [3.63, 3.8) is 0 Å². The standard InChI is InChI=1S/C16H21N3O/c1-16(9-2-3-11-20-16)15(19-17)13-8-4-6-12-7-5-10-18-14(12)13/h4-8,10,15,19H,2-3,9,11,17H2,1H3. The van der Waals surface area contributed by atoms with E-state index in [-0.39, 0.29) is 11.6 Å². The zero-order chi connectivity index (χ0) is 14.0. The third kappa shape index (κ3) is 2.30. The van der Waals surface area contributed by atoms with E-state index in [9.17, 15) is 0 Å². The Morgan fingerprint density at radius 1 is 1.30 bits per heavy atom. The smallest absolute Gasteiger partial charge is 0.0862 e. The molecule has 1 aliphatic rings. The second-order valence-electron chi connectivity index (χ2n) is 5.64. The van der Waals surface area contributed by atoms with E-state index in [0.29, 0.717) is 0 Å². The van der Waals surface area contributed by atoms with Crippen LogP contribution in [-0.2, 0) is 4.74 Å². The molecule has 4 nitrogen and oxygen atoms in total. The molecule has 1 fully saturated rings. The molecule has 1 aliphatic heterocycles. The molecule has 1 saturated heterocycles. The molecule has 0 spiro atoms. The number of hydrazine groups is 1. The van der Waals surface area contributed by atoms with Gasteiger partial charge >= 0.3 is 0 Å². The number of benzene rings is 1. The van der Waals surface area contributed by atoms with Crippen LogP contribution in [0.15, 0.2) is 36.5 Å². The van der Waals surface area contributed by atoms with Crippen LogP contribution in [0.25, 0.3) is 10.9 Å². The highest BCUT2D eigenvalue weighted by Crippen LogP contribution is 2.38. The molecule has 0 aliphatic carbocycles. The van der Waals surface area contributed by atoms with Gasteiger partial charge in [-0.15, -0.1) is 0 Å². The molecule has 3 N–H and O–H groups in total. The van der Waals surface area contributed by atoms with Crippen LogP contribution >= 0.6 is 0 Å². The van der Waals surface area contributed by atoms with Crippen molar-refractivity contribution in [2.45, 2.75) is 37.8 Å². The van der Waals surface area contributed by atoms with Gasteiger partial charge in [0.25, 0.3) is 0 Å². The molecular weight excluding hydrogens is 250 g/mol. The predicted molar refractivity (Wildman–Crippen MR) is 80.0 cm³/mol. The van der Waals surface area contributed by atoms with Crippen LogP contribution in [0.1, 0.15) is 37.8 Å². The molecule has 2 heterocycles. The van der Waals surface area contributed by atoms with Crippen molar-refractivity contribution in [1.82, 2.24) is 10.4 Å². The Balaban J connectivity index is 2.07. The van der Waals surface area contributed by atoms with Gasteiger partial charge in [-0.2, -0.15) is 0 Å². The van der Waals surface area contributed by atoms with Gasteiger partial charge in [-0.25, -0.2) is 5.43 Å². The fourth-order valence-corrected chi connectivity index (χ4v) is 3.14. The number of para-hydroxylation sites is 1. The largest absolute Gasteiger partial charge is 0.373 e. The van der Waals surface area contributed by atoms with Crippen molar-refractivity contribution in [2.24, 2.45) is 5.84 Å². The Labute approximate surface area is 119 Å². The van der Waals surface area contributed by atoms with E-state index in [1.54, 1.807) is 0 Å². The Bertz CT molecular complexity index is 588. The summed E-state index contributed by atoms with van der Waals surface area (Å²) in [6.45, 7) is 2.94. The molecule has 2 atom stereocenters. The van der Waals surface area contributed by atoms with Crippen LogP contribution in [0.3, 0.4) is 0 Å². The van der Waals surface area contributed by atoms with Gasteiger partial charge in [0, 0.05) is 18.2 Å². The molecule has 1 aromatic heterocycles. The molecular formula is C16H21N3O. The summed E-state index contributed by atoms with van der Waals surface area (Å²) in [4.78, 5) is 4.52. The Hall–Kier alpha value is -1.49. The quantitative estimate of drug-likeness (QED) is 0.665. The summed E-state index contributed by atoms with van der Waals surface area (Å²) in [6, 6.07) is 10.2. The van der Waals surface area contributed by atoms with Crippen molar-refractivity contribution < 1.29 is 4.74 Å². The zero-order valence-electron chi connectivity index (χ0n) is 11.8. The predicted octanol–water partition coefficient (Wildman–Crippen LogP) is 2.70. The summed E-state index contributed by atoms with van der Waals surface area (Å²) in [6.07, 6.45) is 5.13. The van der Waals surface area contributed by atoms with Gasteiger partial charge in [0.15, 0.2) is 0 Å². The van der Waals surface area contributed by atoms with E-state index < -0.39 is 0 Å². The minimum Gasteiger partial charge on any atom is -0.373 e. The SMILES string of the molecule is CC1(C(NN)c2cccc3cccnc23)CCCCO1. The van der Waals surface area contributed by atoms with E-state index in [1.807, 2.05) is 12.3 Å². The normalized spacial score (nSPS) is 24.7. The lowest BCUT2D eigenvalue weighted by Gasteiger charge is -2.40. The average Bonchev–Trinajstić information content (AvgIpc) is 2.49. The number of aromatic nitrogens is 1. The number of hydrogen-bond acceptors (Lipinski definition) is 4. The molecule has 0 amide bonds. The highest BCUT2D eigenvalue weighted by atomic mass is 16.5. The summed E-state index contributed by atoms with van der Waals surface area (Å²) in [5.74, 6) is 5.85. The number of rotatable bonds is 3. The maximum atomic E-state index is 6.05. The van der Waals surface area contributed by atoms with Crippen LogP contribution < -0.4 is 11.3 Å². The maximum Gasteiger partial charge on any atom is 0.0862 e. The fourth-order valence-electron chi connectivity index (χ4n) is 3.14. The summed E-state index contributed by atoms with van der Waals surface area (Å²) in [7, 11) is 0. The van der Waals surface area contributed by atoms with Crippen molar-refractivity contribution >= 4 is 10.9 Å². The summed E-state index contributed by atoms with van der Waals surface area (Å²) in [5, 5.41) is 1.13. The third-order valence-corrected chi connectivity index (χ3v) is 4.25. The average molecular weight is 271 g/mol. The Morgan fingerprint density at radius 3 is 2.90 bits per heavy atom. The second kappa shape index (κ2) is 5.48. The molecule has 0 saturated carbocycles.